The van der Waals surface area contributed by atoms with E-state index in [1.165, 1.54) is 11.3 Å². The summed E-state index contributed by atoms with van der Waals surface area (Å²) in [6, 6.07) is 7.34. The first-order valence-electron chi connectivity index (χ1n) is 5.76. The number of hydrogen-bond donors (Lipinski definition) is 4. The zero-order valence-corrected chi connectivity index (χ0v) is 13.4. The molecule has 0 bridgehead atoms. The fourth-order valence-electron chi connectivity index (χ4n) is 1.51. The number of thiophene rings is 1. The molecule has 0 aliphatic rings. The second kappa shape index (κ2) is 7.20. The second-order valence-corrected chi connectivity index (χ2v) is 6.63. The molecule has 0 aliphatic heterocycles. The Labute approximate surface area is 131 Å². The van der Waals surface area contributed by atoms with Crippen molar-refractivity contribution in [1.82, 2.24) is 5.32 Å². The highest BCUT2D eigenvalue weighted by Gasteiger charge is 2.12. The predicted molar refractivity (Wildman–Crippen MR) is 85.2 cm³/mol. The molecule has 1 aromatic carbocycles. The van der Waals surface area contributed by atoms with Gasteiger partial charge in [0.1, 0.15) is 5.75 Å². The molecule has 120 valence electrons. The van der Waals surface area contributed by atoms with Crippen molar-refractivity contribution < 1.29 is 22.5 Å². The highest BCUT2D eigenvalue weighted by atomic mass is 32.2. The Morgan fingerprint density at radius 3 is 2.55 bits per heavy atom. The molecular weight excluding hydrogens is 330 g/mol. The van der Waals surface area contributed by atoms with Crippen LogP contribution in [0.3, 0.4) is 0 Å². The summed E-state index contributed by atoms with van der Waals surface area (Å²) in [5.41, 5.74) is 5.11. The normalized spacial score (nSPS) is 10.5. The number of guanidine groups is 1. The summed E-state index contributed by atoms with van der Waals surface area (Å²) in [4.78, 5) is 12.2. The Bertz CT molecular complexity index is 790. The van der Waals surface area contributed by atoms with Gasteiger partial charge in [-0.15, -0.1) is 11.3 Å². The molecule has 10 heteroatoms. The zero-order valence-electron chi connectivity index (χ0n) is 11.8. The van der Waals surface area contributed by atoms with Crippen LogP contribution in [0.1, 0.15) is 9.67 Å². The fourth-order valence-corrected chi connectivity index (χ4v) is 2.48. The van der Waals surface area contributed by atoms with E-state index in [0.29, 0.717) is 11.1 Å². The van der Waals surface area contributed by atoms with E-state index in [1.807, 2.05) is 18.2 Å². The molecule has 2 aromatic rings. The summed E-state index contributed by atoms with van der Waals surface area (Å²) in [7, 11) is -2.08. The van der Waals surface area contributed by atoms with Crippen LogP contribution in [0.5, 0.6) is 5.75 Å². The van der Waals surface area contributed by atoms with Gasteiger partial charge in [0.15, 0.2) is 5.96 Å². The van der Waals surface area contributed by atoms with Crippen molar-refractivity contribution in [3.8, 4) is 5.75 Å². The number of methoxy groups -OCH3 is 1. The monoisotopic (exact) mass is 345 g/mol. The number of ether oxygens (including phenoxy) is 1. The van der Waals surface area contributed by atoms with Gasteiger partial charge in [-0.3, -0.25) is 20.1 Å². The van der Waals surface area contributed by atoms with Crippen LogP contribution in [-0.4, -0.2) is 38.2 Å². The summed E-state index contributed by atoms with van der Waals surface area (Å²) in [5, 5.41) is 10.1. The van der Waals surface area contributed by atoms with Crippen LogP contribution in [0, 0.1) is 5.41 Å². The Morgan fingerprint density at radius 2 is 2.05 bits per heavy atom. The van der Waals surface area contributed by atoms with E-state index in [0.717, 1.165) is 15.8 Å². The summed E-state index contributed by atoms with van der Waals surface area (Å²) in [6.07, 6.45) is 0.715. The topological polar surface area (TPSA) is 143 Å². The van der Waals surface area contributed by atoms with Crippen LogP contribution < -0.4 is 15.8 Å². The summed E-state index contributed by atoms with van der Waals surface area (Å²) in [5.74, 6) is -0.0131. The Balaban J connectivity index is 0.000000422. The largest absolute Gasteiger partial charge is 0.496 e. The minimum atomic E-state index is -3.67. The smallest absolute Gasteiger partial charge is 0.268 e. The number of hydrogen-bond acceptors (Lipinski definition) is 6. The Morgan fingerprint density at radius 1 is 1.45 bits per heavy atom. The van der Waals surface area contributed by atoms with Gasteiger partial charge in [-0.25, -0.2) is 0 Å². The summed E-state index contributed by atoms with van der Waals surface area (Å²) < 4.78 is 32.0. The maximum atomic E-state index is 11.7. The molecule has 2 rings (SSSR count). The minimum Gasteiger partial charge on any atom is -0.496 e. The number of carbonyl (C=O) groups is 1. The molecule has 0 saturated heterocycles. The van der Waals surface area contributed by atoms with Crippen molar-refractivity contribution in [1.29, 1.82) is 5.41 Å². The maximum Gasteiger partial charge on any atom is 0.268 e. The first-order valence-corrected chi connectivity index (χ1v) is 8.42. The molecule has 0 spiro atoms. The average molecular weight is 345 g/mol. The summed E-state index contributed by atoms with van der Waals surface area (Å²) in [6.45, 7) is 0. The van der Waals surface area contributed by atoms with Gasteiger partial charge in [0.25, 0.3) is 16.0 Å². The summed E-state index contributed by atoms with van der Waals surface area (Å²) >= 11 is 1.33. The van der Waals surface area contributed by atoms with E-state index in [1.54, 1.807) is 13.2 Å². The number of nitrogens with one attached hydrogen (secondary N) is 2. The number of carbonyl (C=O) groups excluding carboxylic acids is 1. The molecule has 0 saturated carbocycles. The first kappa shape index (κ1) is 17.9. The first-order chi connectivity index (χ1) is 10.1. The van der Waals surface area contributed by atoms with Crippen LogP contribution in [0.15, 0.2) is 24.3 Å². The number of benzene rings is 1. The van der Waals surface area contributed by atoms with Crippen molar-refractivity contribution in [2.75, 3.05) is 13.4 Å². The lowest BCUT2D eigenvalue weighted by Gasteiger charge is -1.99. The molecular formula is C12H15N3O5S2. The standard InChI is InChI=1S/C11H11N3O2S.CH4O3S/c1-16-7-3-2-4-8-6(7)5-9(17-8)10(15)14-11(12)13;1-5(2,3)4/h2-5H,1H3,(H4,12,13,14,15);1H3,(H,2,3,4). The number of nitrogens with two attached hydrogens (primary N) is 1. The minimum absolute atomic E-state index is 0.362. The fraction of sp³-hybridized carbons (Fsp3) is 0.167. The van der Waals surface area contributed by atoms with Gasteiger partial charge in [-0.1, -0.05) is 6.07 Å². The number of fused-ring (bicyclic) bond motifs is 1. The zero-order chi connectivity index (χ0) is 16.9. The third kappa shape index (κ3) is 5.68. The molecule has 1 aromatic heterocycles. The van der Waals surface area contributed by atoms with Gasteiger partial charge in [0, 0.05) is 10.1 Å². The Hall–Kier alpha value is -2.17. The van der Waals surface area contributed by atoms with Crippen molar-refractivity contribution in [3.63, 3.8) is 0 Å². The number of rotatable bonds is 2. The molecule has 0 atom stereocenters. The van der Waals surface area contributed by atoms with Crippen LogP contribution in [0.4, 0.5) is 0 Å². The second-order valence-electron chi connectivity index (χ2n) is 4.08. The third-order valence-corrected chi connectivity index (χ3v) is 3.31. The average Bonchev–Trinajstić information content (AvgIpc) is 2.79. The lowest BCUT2D eigenvalue weighted by Crippen LogP contribution is -2.35. The van der Waals surface area contributed by atoms with Crippen LogP contribution in [0.25, 0.3) is 10.1 Å². The molecule has 0 fully saturated rings. The third-order valence-electron chi connectivity index (χ3n) is 2.21. The van der Waals surface area contributed by atoms with Gasteiger partial charge >= 0.3 is 0 Å². The van der Waals surface area contributed by atoms with Crippen LogP contribution in [0.2, 0.25) is 0 Å². The molecule has 5 N–H and O–H groups in total. The quantitative estimate of drug-likeness (QED) is 0.364. The molecule has 22 heavy (non-hydrogen) atoms. The number of amides is 1. The van der Waals surface area contributed by atoms with Crippen molar-refractivity contribution in [2.24, 2.45) is 5.73 Å². The van der Waals surface area contributed by atoms with Gasteiger partial charge < -0.3 is 10.5 Å². The van der Waals surface area contributed by atoms with E-state index < -0.39 is 10.1 Å². The molecule has 0 aliphatic carbocycles. The lowest BCUT2D eigenvalue weighted by atomic mass is 10.2. The molecule has 1 heterocycles. The van der Waals surface area contributed by atoms with E-state index in [-0.39, 0.29) is 11.9 Å². The lowest BCUT2D eigenvalue weighted by molar-refractivity contribution is 0.0980. The van der Waals surface area contributed by atoms with Crippen LogP contribution in [-0.2, 0) is 10.1 Å². The SMILES string of the molecule is COc1cccc2sc(C(=O)NC(=N)N)cc12.CS(=O)(=O)O. The van der Waals surface area contributed by atoms with Gasteiger partial charge in [0.2, 0.25) is 0 Å². The van der Waals surface area contributed by atoms with Gasteiger partial charge in [-0.2, -0.15) is 8.42 Å². The molecule has 0 radical (unpaired) electrons. The van der Waals surface area contributed by atoms with Crippen molar-refractivity contribution in [3.05, 3.63) is 29.1 Å². The maximum absolute atomic E-state index is 11.7. The highest BCUT2D eigenvalue weighted by Crippen LogP contribution is 2.32. The van der Waals surface area contributed by atoms with Crippen LogP contribution >= 0.6 is 11.3 Å². The van der Waals surface area contributed by atoms with Crippen molar-refractivity contribution >= 4 is 43.4 Å². The molecule has 0 unspecified atom stereocenters. The highest BCUT2D eigenvalue weighted by molar-refractivity contribution is 7.85. The Kier molecular flexibility index (Phi) is 5.85. The van der Waals surface area contributed by atoms with E-state index in [4.69, 9.17) is 20.4 Å². The van der Waals surface area contributed by atoms with E-state index in [2.05, 4.69) is 5.32 Å². The van der Waals surface area contributed by atoms with Crippen molar-refractivity contribution in [2.45, 2.75) is 0 Å². The van der Waals surface area contributed by atoms with Gasteiger partial charge in [0.05, 0.1) is 18.2 Å². The van der Waals surface area contributed by atoms with Gasteiger partial charge in [-0.05, 0) is 18.2 Å². The van der Waals surface area contributed by atoms with E-state index in [9.17, 15) is 13.2 Å². The molecule has 1 amide bonds. The predicted octanol–water partition coefficient (Wildman–Crippen LogP) is 1.04. The van der Waals surface area contributed by atoms with E-state index >= 15 is 0 Å². The molecule has 8 nitrogen and oxygen atoms in total.